The van der Waals surface area contributed by atoms with Crippen LogP contribution in [0.1, 0.15) is 33.1 Å². The van der Waals surface area contributed by atoms with E-state index >= 15 is 0 Å². The third-order valence-corrected chi connectivity index (χ3v) is 5.11. The molecule has 3 saturated heterocycles. The van der Waals surface area contributed by atoms with Gasteiger partial charge in [0.05, 0.1) is 37.6 Å². The summed E-state index contributed by atoms with van der Waals surface area (Å²) in [5.41, 5.74) is 0.0906. The first-order valence-corrected chi connectivity index (χ1v) is 8.49. The minimum Gasteiger partial charge on any atom is -0.373 e. The molecule has 0 aliphatic carbocycles. The summed E-state index contributed by atoms with van der Waals surface area (Å²) in [6.45, 7) is 10.9. The second-order valence-electron chi connectivity index (χ2n) is 6.98. The molecule has 1 spiro atoms. The highest BCUT2D eigenvalue weighted by atomic mass is 16.6. The first-order chi connectivity index (χ1) is 10.2. The van der Waals surface area contributed by atoms with Crippen LogP contribution in [-0.2, 0) is 14.2 Å². The lowest BCUT2D eigenvalue weighted by Gasteiger charge is -2.35. The van der Waals surface area contributed by atoms with E-state index in [2.05, 4.69) is 24.1 Å². The molecule has 0 aromatic carbocycles. The molecule has 2 atom stereocenters. The van der Waals surface area contributed by atoms with Crippen LogP contribution < -0.4 is 5.32 Å². The zero-order chi connectivity index (χ0) is 14.7. The molecule has 3 fully saturated rings. The average molecular weight is 298 g/mol. The van der Waals surface area contributed by atoms with Crippen molar-refractivity contribution < 1.29 is 14.2 Å². The Balaban J connectivity index is 1.41. The van der Waals surface area contributed by atoms with E-state index in [4.69, 9.17) is 14.2 Å². The number of nitrogens with one attached hydrogen (secondary N) is 1. The predicted molar refractivity (Wildman–Crippen MR) is 81.6 cm³/mol. The fraction of sp³-hybridized carbons (Fsp3) is 1.00. The summed E-state index contributed by atoms with van der Waals surface area (Å²) in [5.74, 6) is 0. The highest BCUT2D eigenvalue weighted by molar-refractivity contribution is 4.93. The van der Waals surface area contributed by atoms with Gasteiger partial charge in [0.1, 0.15) is 0 Å². The van der Waals surface area contributed by atoms with E-state index in [0.29, 0.717) is 12.6 Å². The van der Waals surface area contributed by atoms with Crippen LogP contribution in [-0.4, -0.2) is 74.8 Å². The van der Waals surface area contributed by atoms with E-state index in [0.717, 1.165) is 58.7 Å². The van der Waals surface area contributed by atoms with Gasteiger partial charge in [0.2, 0.25) is 0 Å². The number of hydrogen-bond acceptors (Lipinski definition) is 5. The summed E-state index contributed by atoms with van der Waals surface area (Å²) < 4.78 is 18.0. The maximum atomic E-state index is 6.10. The van der Waals surface area contributed by atoms with E-state index in [1.807, 2.05) is 0 Å². The summed E-state index contributed by atoms with van der Waals surface area (Å²) in [6.07, 6.45) is 3.75. The lowest BCUT2D eigenvalue weighted by atomic mass is 9.89. The van der Waals surface area contributed by atoms with Gasteiger partial charge in [-0.05, 0) is 39.8 Å². The highest BCUT2D eigenvalue weighted by Crippen LogP contribution is 2.35. The Morgan fingerprint density at radius 2 is 2.14 bits per heavy atom. The molecule has 0 bridgehead atoms. The Morgan fingerprint density at radius 3 is 2.90 bits per heavy atom. The molecule has 0 amide bonds. The van der Waals surface area contributed by atoms with E-state index in [1.165, 1.54) is 0 Å². The van der Waals surface area contributed by atoms with Gasteiger partial charge in [-0.1, -0.05) is 0 Å². The van der Waals surface area contributed by atoms with Gasteiger partial charge in [0.15, 0.2) is 0 Å². The summed E-state index contributed by atoms with van der Waals surface area (Å²) in [5, 5.41) is 3.40. The first kappa shape index (κ1) is 15.7. The van der Waals surface area contributed by atoms with Gasteiger partial charge in [-0.25, -0.2) is 0 Å². The summed E-state index contributed by atoms with van der Waals surface area (Å²) >= 11 is 0. The van der Waals surface area contributed by atoms with Crippen LogP contribution in [0.3, 0.4) is 0 Å². The molecular weight excluding hydrogens is 268 g/mol. The molecule has 1 N–H and O–H groups in total. The smallest absolute Gasteiger partial charge is 0.0935 e. The SMILES string of the molecule is CC(C)N1CCOC(COC2COC3(CCNCC3)C2)C1. The molecule has 5 nitrogen and oxygen atoms in total. The van der Waals surface area contributed by atoms with Crippen molar-refractivity contribution in [1.82, 2.24) is 10.2 Å². The van der Waals surface area contributed by atoms with Crippen LogP contribution >= 0.6 is 0 Å². The van der Waals surface area contributed by atoms with E-state index in [1.54, 1.807) is 0 Å². The zero-order valence-corrected chi connectivity index (χ0v) is 13.5. The molecule has 21 heavy (non-hydrogen) atoms. The number of piperidine rings is 1. The summed E-state index contributed by atoms with van der Waals surface area (Å²) in [6, 6.07) is 0.587. The van der Waals surface area contributed by atoms with E-state index in [-0.39, 0.29) is 17.8 Å². The average Bonchev–Trinajstić information content (AvgIpc) is 2.89. The third kappa shape index (κ3) is 3.96. The Hall–Kier alpha value is -0.200. The van der Waals surface area contributed by atoms with Crippen LogP contribution in [0.15, 0.2) is 0 Å². The van der Waals surface area contributed by atoms with Crippen molar-refractivity contribution in [2.75, 3.05) is 46.0 Å². The predicted octanol–water partition coefficient (Wildman–Crippen LogP) is 1.02. The van der Waals surface area contributed by atoms with Crippen molar-refractivity contribution in [3.63, 3.8) is 0 Å². The molecule has 3 aliphatic rings. The Labute approximate surface area is 128 Å². The topological polar surface area (TPSA) is 43.0 Å². The molecule has 0 radical (unpaired) electrons. The van der Waals surface area contributed by atoms with Gasteiger partial charge in [-0.3, -0.25) is 4.90 Å². The molecule has 122 valence electrons. The fourth-order valence-electron chi connectivity index (χ4n) is 3.70. The van der Waals surface area contributed by atoms with Crippen molar-refractivity contribution in [1.29, 1.82) is 0 Å². The molecule has 2 unspecified atom stereocenters. The van der Waals surface area contributed by atoms with Crippen LogP contribution in [0.2, 0.25) is 0 Å². The number of rotatable bonds is 4. The van der Waals surface area contributed by atoms with Crippen LogP contribution in [0, 0.1) is 0 Å². The number of hydrogen-bond donors (Lipinski definition) is 1. The standard InChI is InChI=1S/C16H30N2O3/c1-13(2)18-7-8-19-15(10-18)11-20-14-9-16(21-12-14)3-5-17-6-4-16/h13-15,17H,3-12H2,1-2H3. The van der Waals surface area contributed by atoms with E-state index < -0.39 is 0 Å². The first-order valence-electron chi connectivity index (χ1n) is 8.49. The molecule has 3 rings (SSSR count). The van der Waals surface area contributed by atoms with Crippen LogP contribution in [0.25, 0.3) is 0 Å². The molecular formula is C16H30N2O3. The lowest BCUT2D eigenvalue weighted by Crippen LogP contribution is -2.47. The zero-order valence-electron chi connectivity index (χ0n) is 13.5. The van der Waals surface area contributed by atoms with Crippen molar-refractivity contribution in [3.8, 4) is 0 Å². The highest BCUT2D eigenvalue weighted by Gasteiger charge is 2.41. The molecule has 0 aromatic rings. The van der Waals surface area contributed by atoms with E-state index in [9.17, 15) is 0 Å². The fourth-order valence-corrected chi connectivity index (χ4v) is 3.70. The quantitative estimate of drug-likeness (QED) is 0.839. The number of nitrogens with zero attached hydrogens (tertiary/aromatic N) is 1. The van der Waals surface area contributed by atoms with Crippen LogP contribution in [0.4, 0.5) is 0 Å². The molecule has 5 heteroatoms. The lowest BCUT2D eigenvalue weighted by molar-refractivity contribution is -0.0907. The van der Waals surface area contributed by atoms with Crippen molar-refractivity contribution in [2.45, 2.75) is 57.0 Å². The van der Waals surface area contributed by atoms with Crippen LogP contribution in [0.5, 0.6) is 0 Å². The maximum absolute atomic E-state index is 6.10. The minimum atomic E-state index is 0.0906. The monoisotopic (exact) mass is 298 g/mol. The largest absolute Gasteiger partial charge is 0.373 e. The normalized spacial score (nSPS) is 33.9. The second kappa shape index (κ2) is 6.92. The van der Waals surface area contributed by atoms with Gasteiger partial charge in [-0.15, -0.1) is 0 Å². The van der Waals surface area contributed by atoms with Crippen molar-refractivity contribution >= 4 is 0 Å². The van der Waals surface area contributed by atoms with Gasteiger partial charge in [0, 0.05) is 25.6 Å². The molecule has 0 aromatic heterocycles. The van der Waals surface area contributed by atoms with Gasteiger partial charge < -0.3 is 19.5 Å². The Kier molecular flexibility index (Phi) is 5.17. The Bertz CT molecular complexity index is 331. The maximum Gasteiger partial charge on any atom is 0.0935 e. The molecule has 3 heterocycles. The van der Waals surface area contributed by atoms with Crippen molar-refractivity contribution in [2.24, 2.45) is 0 Å². The number of morpholine rings is 1. The molecule has 0 saturated carbocycles. The minimum absolute atomic E-state index is 0.0906. The molecule has 3 aliphatic heterocycles. The van der Waals surface area contributed by atoms with Gasteiger partial charge in [-0.2, -0.15) is 0 Å². The summed E-state index contributed by atoms with van der Waals surface area (Å²) in [4.78, 5) is 2.47. The van der Waals surface area contributed by atoms with Crippen molar-refractivity contribution in [3.05, 3.63) is 0 Å². The Morgan fingerprint density at radius 1 is 1.33 bits per heavy atom. The van der Waals surface area contributed by atoms with Gasteiger partial charge >= 0.3 is 0 Å². The third-order valence-electron chi connectivity index (χ3n) is 5.11. The second-order valence-corrected chi connectivity index (χ2v) is 6.98. The van der Waals surface area contributed by atoms with Gasteiger partial charge in [0.25, 0.3) is 0 Å². The number of ether oxygens (including phenoxy) is 3. The summed E-state index contributed by atoms with van der Waals surface area (Å²) in [7, 11) is 0.